The van der Waals surface area contributed by atoms with Crippen LogP contribution in [0, 0.1) is 0 Å². The molecule has 0 saturated carbocycles. The monoisotopic (exact) mass is 340 g/mol. The SMILES string of the molecule is CONS(=O)(=O)c1ccc(C(=O)N(C)CCC(F)(F)F)cc1. The Morgan fingerprint density at radius 3 is 2.27 bits per heavy atom. The summed E-state index contributed by atoms with van der Waals surface area (Å²) in [7, 11) is -1.48. The Morgan fingerprint density at radius 1 is 1.27 bits per heavy atom. The molecular formula is C12H15F3N2O4S. The molecule has 0 aliphatic heterocycles. The van der Waals surface area contributed by atoms with Gasteiger partial charge in [-0.3, -0.25) is 9.63 Å². The average molecular weight is 340 g/mol. The molecule has 10 heteroatoms. The van der Waals surface area contributed by atoms with E-state index in [0.29, 0.717) is 0 Å². The van der Waals surface area contributed by atoms with E-state index in [9.17, 15) is 26.4 Å². The summed E-state index contributed by atoms with van der Waals surface area (Å²) in [4.78, 5) is 18.8. The van der Waals surface area contributed by atoms with E-state index in [1.165, 1.54) is 19.2 Å². The van der Waals surface area contributed by atoms with E-state index in [4.69, 9.17) is 0 Å². The third-order valence-corrected chi connectivity index (χ3v) is 3.96. The van der Waals surface area contributed by atoms with Crippen LogP contribution in [-0.2, 0) is 14.9 Å². The van der Waals surface area contributed by atoms with Crippen molar-refractivity contribution in [2.24, 2.45) is 0 Å². The summed E-state index contributed by atoms with van der Waals surface area (Å²) in [6.45, 7) is -0.479. The maximum atomic E-state index is 12.1. The van der Waals surface area contributed by atoms with Gasteiger partial charge < -0.3 is 4.90 Å². The Hall–Kier alpha value is -1.65. The minimum absolute atomic E-state index is 0.0843. The summed E-state index contributed by atoms with van der Waals surface area (Å²) in [5, 5.41) is 0. The van der Waals surface area contributed by atoms with Crippen molar-refractivity contribution in [2.75, 3.05) is 20.7 Å². The second-order valence-electron chi connectivity index (χ2n) is 4.41. The molecule has 1 rings (SSSR count). The van der Waals surface area contributed by atoms with Gasteiger partial charge >= 0.3 is 6.18 Å². The molecule has 0 heterocycles. The number of sulfonamides is 1. The molecule has 6 nitrogen and oxygen atoms in total. The molecule has 1 aromatic rings. The number of carbonyl (C=O) groups is 1. The molecular weight excluding hydrogens is 325 g/mol. The van der Waals surface area contributed by atoms with Gasteiger partial charge in [-0.25, -0.2) is 8.42 Å². The predicted octanol–water partition coefficient (Wildman–Crippen LogP) is 1.55. The largest absolute Gasteiger partial charge is 0.390 e. The lowest BCUT2D eigenvalue weighted by Crippen LogP contribution is -2.30. The van der Waals surface area contributed by atoms with E-state index in [-0.39, 0.29) is 10.5 Å². The van der Waals surface area contributed by atoms with E-state index in [2.05, 4.69) is 4.84 Å². The summed E-state index contributed by atoms with van der Waals surface area (Å²) >= 11 is 0. The number of amides is 1. The van der Waals surface area contributed by atoms with Gasteiger partial charge in [-0.05, 0) is 24.3 Å². The standard InChI is InChI=1S/C12H15F3N2O4S/c1-17(8-7-12(13,14)15)11(18)9-3-5-10(6-4-9)22(19,20)16-21-2/h3-6,16H,7-8H2,1-2H3. The number of carbonyl (C=O) groups excluding carboxylic acids is 1. The summed E-state index contributed by atoms with van der Waals surface area (Å²) in [5.41, 5.74) is 0.0843. The van der Waals surface area contributed by atoms with Gasteiger partial charge in [0.25, 0.3) is 15.9 Å². The van der Waals surface area contributed by atoms with Gasteiger partial charge in [-0.15, -0.1) is 0 Å². The smallest absolute Gasteiger partial charge is 0.341 e. The number of rotatable bonds is 6. The molecule has 0 aliphatic carbocycles. The Balaban J connectivity index is 2.80. The fraction of sp³-hybridized carbons (Fsp3) is 0.417. The van der Waals surface area contributed by atoms with E-state index >= 15 is 0 Å². The molecule has 0 aliphatic rings. The van der Waals surface area contributed by atoms with Crippen LogP contribution in [0.3, 0.4) is 0 Å². The molecule has 1 aromatic carbocycles. The van der Waals surface area contributed by atoms with E-state index < -0.39 is 35.1 Å². The Labute approximate surface area is 125 Å². The highest BCUT2D eigenvalue weighted by atomic mass is 32.2. The maximum Gasteiger partial charge on any atom is 0.390 e. The first-order valence-corrected chi connectivity index (χ1v) is 7.52. The molecule has 0 spiro atoms. The van der Waals surface area contributed by atoms with Crippen LogP contribution in [0.25, 0.3) is 0 Å². The van der Waals surface area contributed by atoms with Crippen LogP contribution in [0.2, 0.25) is 0 Å². The van der Waals surface area contributed by atoms with E-state index in [0.717, 1.165) is 24.1 Å². The number of hydrogen-bond acceptors (Lipinski definition) is 4. The molecule has 0 bridgehead atoms. The van der Waals surface area contributed by atoms with Crippen LogP contribution in [0.4, 0.5) is 13.2 Å². The minimum Gasteiger partial charge on any atom is -0.341 e. The second kappa shape index (κ2) is 7.07. The lowest BCUT2D eigenvalue weighted by atomic mass is 10.2. The van der Waals surface area contributed by atoms with Gasteiger partial charge in [0.05, 0.1) is 18.4 Å². The molecule has 0 atom stereocenters. The molecule has 0 saturated heterocycles. The summed E-state index contributed by atoms with van der Waals surface area (Å²) < 4.78 is 59.6. The third-order valence-electron chi connectivity index (χ3n) is 2.68. The Bertz CT molecular complexity index is 614. The highest BCUT2D eigenvalue weighted by Gasteiger charge is 2.28. The molecule has 0 unspecified atom stereocenters. The minimum atomic E-state index is -4.35. The summed E-state index contributed by atoms with van der Waals surface area (Å²) in [6, 6.07) is 4.76. The zero-order valence-electron chi connectivity index (χ0n) is 11.8. The van der Waals surface area contributed by atoms with Crippen LogP contribution in [0.15, 0.2) is 29.2 Å². The number of benzene rings is 1. The number of halogens is 3. The molecule has 1 N–H and O–H groups in total. The molecule has 0 aromatic heterocycles. The van der Waals surface area contributed by atoms with Gasteiger partial charge in [0.15, 0.2) is 0 Å². The van der Waals surface area contributed by atoms with Crippen LogP contribution in [0.1, 0.15) is 16.8 Å². The summed E-state index contributed by atoms with van der Waals surface area (Å²) in [5.74, 6) is -0.632. The molecule has 124 valence electrons. The number of nitrogens with zero attached hydrogens (tertiary/aromatic N) is 1. The van der Waals surface area contributed by atoms with Crippen LogP contribution < -0.4 is 4.89 Å². The first-order valence-electron chi connectivity index (χ1n) is 6.04. The lowest BCUT2D eigenvalue weighted by Gasteiger charge is -2.18. The van der Waals surface area contributed by atoms with Crippen molar-refractivity contribution in [3.8, 4) is 0 Å². The highest BCUT2D eigenvalue weighted by Crippen LogP contribution is 2.20. The van der Waals surface area contributed by atoms with Gasteiger partial charge in [-0.1, -0.05) is 4.89 Å². The van der Waals surface area contributed by atoms with Crippen molar-refractivity contribution < 1.29 is 31.2 Å². The Kier molecular flexibility index (Phi) is 5.92. The topological polar surface area (TPSA) is 75.7 Å². The van der Waals surface area contributed by atoms with Crippen LogP contribution in [-0.4, -0.2) is 46.1 Å². The van der Waals surface area contributed by atoms with E-state index in [1.54, 1.807) is 4.89 Å². The molecule has 22 heavy (non-hydrogen) atoms. The quantitative estimate of drug-likeness (QED) is 0.797. The van der Waals surface area contributed by atoms with Crippen molar-refractivity contribution >= 4 is 15.9 Å². The van der Waals surface area contributed by atoms with Crippen LogP contribution in [0.5, 0.6) is 0 Å². The molecule has 0 radical (unpaired) electrons. The van der Waals surface area contributed by atoms with Crippen molar-refractivity contribution in [1.82, 2.24) is 9.79 Å². The van der Waals surface area contributed by atoms with Gasteiger partial charge in [0, 0.05) is 19.2 Å². The molecule has 1 amide bonds. The zero-order valence-corrected chi connectivity index (χ0v) is 12.7. The first-order chi connectivity index (χ1) is 10.1. The normalized spacial score (nSPS) is 12.2. The summed E-state index contributed by atoms with van der Waals surface area (Å²) in [6.07, 6.45) is -5.46. The van der Waals surface area contributed by atoms with Crippen molar-refractivity contribution in [1.29, 1.82) is 0 Å². The number of nitrogens with one attached hydrogen (secondary N) is 1. The lowest BCUT2D eigenvalue weighted by molar-refractivity contribution is -0.136. The highest BCUT2D eigenvalue weighted by molar-refractivity contribution is 7.89. The van der Waals surface area contributed by atoms with Gasteiger partial charge in [0.1, 0.15) is 0 Å². The number of alkyl halides is 3. The molecule has 0 fully saturated rings. The third kappa shape index (κ3) is 5.28. The zero-order chi connectivity index (χ0) is 17.0. The van der Waals surface area contributed by atoms with Gasteiger partial charge in [-0.2, -0.15) is 13.2 Å². The Morgan fingerprint density at radius 2 is 1.82 bits per heavy atom. The number of hydrogen-bond donors (Lipinski definition) is 1. The van der Waals surface area contributed by atoms with Crippen LogP contribution >= 0.6 is 0 Å². The van der Waals surface area contributed by atoms with Crippen molar-refractivity contribution in [3.63, 3.8) is 0 Å². The fourth-order valence-corrected chi connectivity index (χ4v) is 2.36. The van der Waals surface area contributed by atoms with Gasteiger partial charge in [0.2, 0.25) is 0 Å². The second-order valence-corrected chi connectivity index (χ2v) is 6.05. The first kappa shape index (κ1) is 18.4. The average Bonchev–Trinajstić information content (AvgIpc) is 2.43. The van der Waals surface area contributed by atoms with Crippen molar-refractivity contribution in [2.45, 2.75) is 17.5 Å². The van der Waals surface area contributed by atoms with E-state index in [1.807, 2.05) is 0 Å². The predicted molar refractivity (Wildman–Crippen MR) is 71.4 cm³/mol. The fourth-order valence-electron chi connectivity index (χ4n) is 1.55. The van der Waals surface area contributed by atoms with Crippen molar-refractivity contribution in [3.05, 3.63) is 29.8 Å². The maximum absolute atomic E-state index is 12.1.